The Balaban J connectivity index is 0.000000519. The van der Waals surface area contributed by atoms with Crippen LogP contribution >= 0.6 is 0 Å². The highest BCUT2D eigenvalue weighted by atomic mass is 16.6. The molecular weight excluding hydrogens is 1550 g/mol. The van der Waals surface area contributed by atoms with Gasteiger partial charge in [-0.1, -0.05) is 384 Å². The topological polar surface area (TPSA) is 257 Å². The van der Waals surface area contributed by atoms with Crippen molar-refractivity contribution >= 4 is 58.9 Å². The van der Waals surface area contributed by atoms with Crippen molar-refractivity contribution < 1.29 is 81.8 Å². The van der Waals surface area contributed by atoms with Gasteiger partial charge >= 0.3 is 35.8 Å². The minimum Gasteiger partial charge on any atom is -0.491 e. The molecule has 0 bridgehead atoms. The second-order valence-corrected chi connectivity index (χ2v) is 35.8. The first-order valence-corrected chi connectivity index (χ1v) is 48.6. The summed E-state index contributed by atoms with van der Waals surface area (Å²) in [4.78, 5) is 126. The molecule has 0 amide bonds. The van der Waals surface area contributed by atoms with E-state index in [1.807, 2.05) is 38.1 Å². The third-order valence-corrected chi connectivity index (χ3v) is 24.9. The number of carboxylic acid groups (broad SMARTS) is 1. The fourth-order valence-corrected chi connectivity index (χ4v) is 16.9. The zero-order chi connectivity index (χ0) is 89.6. The zero-order valence-corrected chi connectivity index (χ0v) is 77.3. The Morgan fingerprint density at radius 2 is 0.691 bits per heavy atom. The molecule has 2 aliphatic rings. The lowest BCUT2D eigenvalue weighted by Crippen LogP contribution is -2.39. The molecule has 686 valence electrons. The van der Waals surface area contributed by atoms with Gasteiger partial charge < -0.3 is 33.9 Å². The number of unbranched alkanes of at least 4 members (excludes halogenated alkanes) is 39. The number of Topliss-reactive ketones (excluding diaryl/α,β-unsaturated/α-hetero) is 4. The van der Waals surface area contributed by atoms with Crippen LogP contribution in [0.25, 0.3) is 0 Å². The molecule has 17 nitrogen and oxygen atoms in total. The van der Waals surface area contributed by atoms with E-state index in [4.69, 9.17) is 24.1 Å². The summed E-state index contributed by atoms with van der Waals surface area (Å²) < 4.78 is 26.7. The number of ether oxygens (including phenoxy) is 5. The molecule has 17 heteroatoms. The highest BCUT2D eigenvalue weighted by molar-refractivity contribution is 6.14. The smallest absolute Gasteiger partial charge is 0.362 e. The number of cyclic esters (lactones) is 4. The maximum absolute atomic E-state index is 14.3. The van der Waals surface area contributed by atoms with E-state index in [0.717, 1.165) is 75.3 Å². The van der Waals surface area contributed by atoms with Crippen LogP contribution in [0.3, 0.4) is 0 Å². The predicted octanol–water partition coefficient (Wildman–Crippen LogP) is 26.7. The molecule has 2 N–H and O–H groups in total. The molecule has 6 rings (SSSR count). The fourth-order valence-electron chi connectivity index (χ4n) is 16.9. The minimum atomic E-state index is -1.12. The summed E-state index contributed by atoms with van der Waals surface area (Å²) in [6.45, 7) is 20.4. The normalized spacial score (nSPS) is 16.1. The SMILES string of the molecule is CCCCCCCCCCCCCCCCC(C)CC(C(=O)OCCOc1ccc(C(=O)CC(=O)c2ccc(C)cc2)cc1)C(C(=O)O)C(CCCCCCCCCCCCCCCC)CC1C(=O)OC(=O)C1C.Cc1ccc(C(=O)CC(=O)c2ccc(OCCO)cc2)cc1.[CH2+]C1C(=O)OC(=O)C1CC(C)CCCCCCCCCCCCCCCC. The fraction of sp³-hybridized carbons (Fsp3) is 0.670. The van der Waals surface area contributed by atoms with Gasteiger partial charge in [0.25, 0.3) is 0 Å². The molecule has 4 aromatic carbocycles. The second kappa shape index (κ2) is 66.6. The number of esters is 5. The van der Waals surface area contributed by atoms with E-state index >= 15 is 0 Å². The van der Waals surface area contributed by atoms with Crippen LogP contribution in [0.5, 0.6) is 11.5 Å². The highest BCUT2D eigenvalue weighted by Crippen LogP contribution is 2.41. The Morgan fingerprint density at radius 1 is 0.382 bits per heavy atom. The maximum Gasteiger partial charge on any atom is 0.362 e. The van der Waals surface area contributed by atoms with Gasteiger partial charge in [-0.15, -0.1) is 0 Å². The molecule has 2 heterocycles. The number of carbonyl (C=O) groups excluding carboxylic acids is 9. The van der Waals surface area contributed by atoms with Gasteiger partial charge in [0.1, 0.15) is 37.2 Å². The Kier molecular flexibility index (Phi) is 58.3. The van der Waals surface area contributed by atoms with E-state index in [-0.39, 0.29) is 86.6 Å². The summed E-state index contributed by atoms with van der Waals surface area (Å²) >= 11 is 0. The summed E-state index contributed by atoms with van der Waals surface area (Å²) in [5.74, 6) is -8.08. The Bertz CT molecular complexity index is 3560. The molecule has 0 aliphatic carbocycles. The van der Waals surface area contributed by atoms with E-state index in [1.165, 1.54) is 225 Å². The number of hydrogen-bond acceptors (Lipinski definition) is 16. The molecule has 9 unspecified atom stereocenters. The number of aliphatic hydroxyl groups is 1. The number of aliphatic hydroxyl groups excluding tert-OH is 1. The lowest BCUT2D eigenvalue weighted by atomic mass is 9.71. The lowest BCUT2D eigenvalue weighted by molar-refractivity contribution is -0.162. The number of benzene rings is 4. The number of hydrogen-bond donors (Lipinski definition) is 2. The summed E-state index contributed by atoms with van der Waals surface area (Å²) in [5, 5.41) is 19.8. The summed E-state index contributed by atoms with van der Waals surface area (Å²) in [6.07, 6.45) is 57.0. The first kappa shape index (κ1) is 108. The predicted molar refractivity (Wildman–Crippen MR) is 493 cm³/mol. The standard InChI is InChI=1S/C64H100O10.C24H43O3.C18H18O4/c1-6-8-10-12-14-16-18-20-22-24-26-28-30-32-34-50(4)46-57(63(70)73-45-44-72-55-42-40-53(41-43-55)59(66)48-58(65)52-38-36-49(3)37-39-52)60(61(67)68)54(47-56-51(5)62(69)74-64(56)71)35-33-31-29-27-25-23-21-19-17-15-13-11-9-7-2;1-4-5-6-7-8-9-10-11-12-13-14-15-16-17-18-20(2)19-22-21(3)23(25)27-24(22)26;1-13-2-4-14(5-3-13)17(20)12-18(21)15-6-8-16(9-7-15)22-11-10-19/h36-43,50-51,54,56-57,60H,6-35,44-48H2,1-5H3,(H,67,68);20-22H,3-19H2,1-2H3;2-9,19H,10-12H2,1H3/q;+1;. The largest absolute Gasteiger partial charge is 0.491 e. The molecular formula is C106H161O17+. The number of aliphatic carboxylic acids is 1. The number of carboxylic acids is 1. The first-order chi connectivity index (χ1) is 59.5. The monoisotopic (exact) mass is 1710 g/mol. The van der Waals surface area contributed by atoms with E-state index < -0.39 is 65.4 Å². The first-order valence-electron chi connectivity index (χ1n) is 48.6. The van der Waals surface area contributed by atoms with Crippen LogP contribution in [-0.2, 0) is 43.0 Å². The minimum absolute atomic E-state index is 0.0000186. The average Bonchev–Trinajstić information content (AvgIpc) is 1.80. The molecule has 0 radical (unpaired) electrons. The van der Waals surface area contributed by atoms with Gasteiger partial charge in [0.2, 0.25) is 5.92 Å². The molecule has 0 aromatic heterocycles. The van der Waals surface area contributed by atoms with Crippen molar-refractivity contribution in [3.63, 3.8) is 0 Å². The molecule has 2 aliphatic heterocycles. The van der Waals surface area contributed by atoms with Crippen LogP contribution in [0.15, 0.2) is 97.1 Å². The molecule has 9 atom stereocenters. The molecule has 123 heavy (non-hydrogen) atoms. The van der Waals surface area contributed by atoms with Crippen molar-refractivity contribution in [2.24, 2.45) is 53.3 Å². The van der Waals surface area contributed by atoms with Gasteiger partial charge in [-0.2, -0.15) is 0 Å². The van der Waals surface area contributed by atoms with Crippen LogP contribution in [0.2, 0.25) is 0 Å². The van der Waals surface area contributed by atoms with Gasteiger partial charge in [0.05, 0.1) is 50.0 Å². The van der Waals surface area contributed by atoms with Crippen molar-refractivity contribution in [3.8, 4) is 11.5 Å². The highest BCUT2D eigenvalue weighted by Gasteiger charge is 2.48. The quantitative estimate of drug-likeness (QED) is 0.0104. The number of aryl methyl sites for hydroxylation is 2. The van der Waals surface area contributed by atoms with Crippen molar-refractivity contribution in [2.75, 3.05) is 26.4 Å². The van der Waals surface area contributed by atoms with Gasteiger partial charge in [-0.25, -0.2) is 4.79 Å². The van der Waals surface area contributed by atoms with Crippen molar-refractivity contribution in [2.45, 2.75) is 376 Å². The van der Waals surface area contributed by atoms with Crippen molar-refractivity contribution in [1.82, 2.24) is 0 Å². The van der Waals surface area contributed by atoms with Gasteiger partial charge in [0, 0.05) is 22.3 Å². The zero-order valence-electron chi connectivity index (χ0n) is 77.3. The third kappa shape index (κ3) is 46.8. The molecule has 0 saturated carbocycles. The third-order valence-electron chi connectivity index (χ3n) is 24.9. The Hall–Kier alpha value is -7.79. The lowest BCUT2D eigenvalue weighted by Gasteiger charge is -2.32. The number of rotatable bonds is 70. The van der Waals surface area contributed by atoms with Gasteiger partial charge in [0.15, 0.2) is 23.1 Å². The van der Waals surface area contributed by atoms with Crippen LogP contribution in [-0.4, -0.2) is 95.6 Å². The van der Waals surface area contributed by atoms with Crippen LogP contribution in [0, 0.1) is 74.0 Å². The van der Waals surface area contributed by atoms with Gasteiger partial charge in [-0.05, 0) is 106 Å². The average molecular weight is 1710 g/mol. The van der Waals surface area contributed by atoms with Crippen molar-refractivity contribution in [1.29, 1.82) is 0 Å². The maximum atomic E-state index is 14.3. The van der Waals surface area contributed by atoms with Crippen LogP contribution < -0.4 is 9.47 Å². The Labute approximate surface area is 741 Å². The van der Waals surface area contributed by atoms with Crippen LogP contribution in [0.1, 0.15) is 415 Å². The van der Waals surface area contributed by atoms with E-state index in [1.54, 1.807) is 79.7 Å². The summed E-state index contributed by atoms with van der Waals surface area (Å²) in [7, 11) is 0. The molecule has 2 fully saturated rings. The van der Waals surface area contributed by atoms with E-state index in [2.05, 4.69) is 46.3 Å². The van der Waals surface area contributed by atoms with E-state index in [9.17, 15) is 53.1 Å². The summed E-state index contributed by atoms with van der Waals surface area (Å²) in [6, 6.07) is 27.3. The van der Waals surface area contributed by atoms with E-state index in [0.29, 0.717) is 52.5 Å². The van der Waals surface area contributed by atoms with Crippen molar-refractivity contribution in [3.05, 3.63) is 137 Å². The summed E-state index contributed by atoms with van der Waals surface area (Å²) in [5.41, 5.74) is 3.98. The molecule has 2 saturated heterocycles. The van der Waals surface area contributed by atoms with Crippen LogP contribution in [0.4, 0.5) is 0 Å². The number of carbonyl (C=O) groups is 10. The van der Waals surface area contributed by atoms with Gasteiger partial charge in [-0.3, -0.25) is 43.2 Å². The molecule has 0 spiro atoms. The second-order valence-electron chi connectivity index (χ2n) is 35.8. The number of ketones is 4. The molecule has 4 aromatic rings. The Morgan fingerprint density at radius 3 is 1.01 bits per heavy atom.